The van der Waals surface area contributed by atoms with Crippen LogP contribution in [0.2, 0.25) is 0 Å². The maximum atomic E-state index is 5.81. The predicted octanol–water partition coefficient (Wildman–Crippen LogP) is 4.04. The molecular formula is C17H19O2. The molecule has 99 valence electrons. The Balaban J connectivity index is 2.07. The molecule has 2 nitrogen and oxygen atoms in total. The zero-order chi connectivity index (χ0) is 13.5. The van der Waals surface area contributed by atoms with E-state index in [2.05, 4.69) is 13.0 Å². The third-order valence-corrected chi connectivity index (χ3v) is 2.93. The summed E-state index contributed by atoms with van der Waals surface area (Å²) in [4.78, 5) is 0. The zero-order valence-corrected chi connectivity index (χ0v) is 11.3. The summed E-state index contributed by atoms with van der Waals surface area (Å²) in [5.41, 5.74) is 2.37. The Kier molecular flexibility index (Phi) is 4.85. The molecular weight excluding hydrogens is 236 g/mol. The molecule has 19 heavy (non-hydrogen) atoms. The highest BCUT2D eigenvalue weighted by Crippen LogP contribution is 2.29. The van der Waals surface area contributed by atoms with Gasteiger partial charge in [-0.05, 0) is 36.1 Å². The van der Waals surface area contributed by atoms with E-state index in [1.165, 1.54) is 5.56 Å². The molecule has 0 aliphatic rings. The fourth-order valence-electron chi connectivity index (χ4n) is 1.93. The molecule has 0 fully saturated rings. The van der Waals surface area contributed by atoms with Gasteiger partial charge in [-0.15, -0.1) is 0 Å². The second-order valence-electron chi connectivity index (χ2n) is 4.36. The number of ether oxygens (including phenoxy) is 2. The van der Waals surface area contributed by atoms with Gasteiger partial charge in [0.1, 0.15) is 6.61 Å². The third-order valence-electron chi connectivity index (χ3n) is 2.93. The maximum absolute atomic E-state index is 5.81. The van der Waals surface area contributed by atoms with Crippen molar-refractivity contribution in [2.75, 3.05) is 7.11 Å². The lowest BCUT2D eigenvalue weighted by atomic mass is 10.1. The monoisotopic (exact) mass is 255 g/mol. The van der Waals surface area contributed by atoms with Crippen LogP contribution in [-0.2, 0) is 13.0 Å². The van der Waals surface area contributed by atoms with E-state index in [4.69, 9.17) is 9.47 Å². The number of benzene rings is 2. The maximum Gasteiger partial charge on any atom is 0.161 e. The zero-order valence-electron chi connectivity index (χ0n) is 11.3. The Labute approximate surface area is 115 Å². The van der Waals surface area contributed by atoms with E-state index in [-0.39, 0.29) is 0 Å². The van der Waals surface area contributed by atoms with E-state index < -0.39 is 0 Å². The van der Waals surface area contributed by atoms with Crippen molar-refractivity contribution < 1.29 is 9.47 Å². The van der Waals surface area contributed by atoms with Gasteiger partial charge in [0.05, 0.1) is 7.11 Å². The largest absolute Gasteiger partial charge is 0.493 e. The quantitative estimate of drug-likeness (QED) is 0.775. The second kappa shape index (κ2) is 6.83. The van der Waals surface area contributed by atoms with Crippen molar-refractivity contribution in [2.24, 2.45) is 0 Å². The number of aryl methyl sites for hydroxylation is 1. The fourth-order valence-corrected chi connectivity index (χ4v) is 1.93. The lowest BCUT2D eigenvalue weighted by Crippen LogP contribution is -1.98. The minimum Gasteiger partial charge on any atom is -0.493 e. The number of rotatable bonds is 6. The van der Waals surface area contributed by atoms with Gasteiger partial charge in [0.2, 0.25) is 0 Å². The number of methoxy groups -OCH3 is 1. The molecule has 0 aliphatic carbocycles. The minimum atomic E-state index is 0.548. The highest BCUT2D eigenvalue weighted by Gasteiger charge is 2.05. The first-order valence-electron chi connectivity index (χ1n) is 6.46. The van der Waals surface area contributed by atoms with Gasteiger partial charge in [-0.1, -0.05) is 43.3 Å². The summed E-state index contributed by atoms with van der Waals surface area (Å²) in [5, 5.41) is 0. The molecule has 0 saturated carbocycles. The molecule has 0 aliphatic heterocycles. The Bertz CT molecular complexity index is 506. The SMILES string of the molecule is [CH2]CCc1ccc(OCc2ccccc2)c(OC)c1. The summed E-state index contributed by atoms with van der Waals surface area (Å²) in [5.74, 6) is 1.56. The lowest BCUT2D eigenvalue weighted by molar-refractivity contribution is 0.284. The van der Waals surface area contributed by atoms with Crippen LogP contribution in [0.4, 0.5) is 0 Å². The molecule has 2 aromatic carbocycles. The lowest BCUT2D eigenvalue weighted by Gasteiger charge is -2.12. The Hall–Kier alpha value is -1.96. The molecule has 1 radical (unpaired) electrons. The van der Waals surface area contributed by atoms with Gasteiger partial charge in [-0.3, -0.25) is 0 Å². The van der Waals surface area contributed by atoms with Crippen molar-refractivity contribution in [1.29, 1.82) is 0 Å². The molecule has 0 aromatic heterocycles. The van der Waals surface area contributed by atoms with Gasteiger partial charge in [0, 0.05) is 0 Å². The van der Waals surface area contributed by atoms with Crippen LogP contribution in [-0.4, -0.2) is 7.11 Å². The van der Waals surface area contributed by atoms with Crippen LogP contribution in [0, 0.1) is 6.92 Å². The van der Waals surface area contributed by atoms with E-state index in [0.717, 1.165) is 29.9 Å². The van der Waals surface area contributed by atoms with Crippen LogP contribution in [0.5, 0.6) is 11.5 Å². The fraction of sp³-hybridized carbons (Fsp3) is 0.235. The Morgan fingerprint density at radius 1 is 0.947 bits per heavy atom. The van der Waals surface area contributed by atoms with Gasteiger partial charge in [0.15, 0.2) is 11.5 Å². The minimum absolute atomic E-state index is 0.548. The first-order valence-corrected chi connectivity index (χ1v) is 6.46. The highest BCUT2D eigenvalue weighted by molar-refractivity contribution is 5.43. The van der Waals surface area contributed by atoms with Crippen LogP contribution < -0.4 is 9.47 Å². The summed E-state index contributed by atoms with van der Waals surface area (Å²) in [6.45, 7) is 4.41. The number of hydrogen-bond acceptors (Lipinski definition) is 2. The molecule has 2 rings (SSSR count). The number of hydrogen-bond donors (Lipinski definition) is 0. The van der Waals surface area contributed by atoms with Crippen molar-refractivity contribution in [1.82, 2.24) is 0 Å². The highest BCUT2D eigenvalue weighted by atomic mass is 16.5. The van der Waals surface area contributed by atoms with Crippen LogP contribution in [0.25, 0.3) is 0 Å². The van der Waals surface area contributed by atoms with Crippen molar-refractivity contribution in [3.63, 3.8) is 0 Å². The van der Waals surface area contributed by atoms with E-state index in [1.807, 2.05) is 42.5 Å². The normalized spacial score (nSPS) is 10.2. The summed E-state index contributed by atoms with van der Waals surface area (Å²) < 4.78 is 11.2. The molecule has 0 heterocycles. The van der Waals surface area contributed by atoms with E-state index in [1.54, 1.807) is 7.11 Å². The molecule has 0 N–H and O–H groups in total. The first kappa shape index (κ1) is 13.5. The van der Waals surface area contributed by atoms with Crippen molar-refractivity contribution in [3.05, 3.63) is 66.6 Å². The standard InChI is InChI=1S/C17H19O2/c1-3-7-14-10-11-16(17(12-14)18-2)19-13-15-8-5-4-6-9-15/h4-6,8-12H,1,3,7,13H2,2H3. The molecule has 2 aromatic rings. The first-order chi connectivity index (χ1) is 9.33. The third kappa shape index (κ3) is 3.75. The second-order valence-corrected chi connectivity index (χ2v) is 4.36. The molecule has 0 amide bonds. The van der Waals surface area contributed by atoms with Crippen molar-refractivity contribution in [3.8, 4) is 11.5 Å². The van der Waals surface area contributed by atoms with Gasteiger partial charge in [-0.25, -0.2) is 0 Å². The molecule has 0 atom stereocenters. The molecule has 0 unspecified atom stereocenters. The van der Waals surface area contributed by atoms with E-state index in [9.17, 15) is 0 Å². The van der Waals surface area contributed by atoms with Crippen molar-refractivity contribution in [2.45, 2.75) is 19.4 Å². The van der Waals surface area contributed by atoms with Crippen LogP contribution >= 0.6 is 0 Å². The van der Waals surface area contributed by atoms with Gasteiger partial charge in [-0.2, -0.15) is 0 Å². The average molecular weight is 255 g/mol. The van der Waals surface area contributed by atoms with Crippen LogP contribution in [0.1, 0.15) is 17.5 Å². The van der Waals surface area contributed by atoms with Crippen molar-refractivity contribution >= 4 is 0 Å². The van der Waals surface area contributed by atoms with Gasteiger partial charge in [0.25, 0.3) is 0 Å². The smallest absolute Gasteiger partial charge is 0.161 e. The topological polar surface area (TPSA) is 18.5 Å². The van der Waals surface area contributed by atoms with Gasteiger partial charge >= 0.3 is 0 Å². The van der Waals surface area contributed by atoms with Gasteiger partial charge < -0.3 is 9.47 Å². The van der Waals surface area contributed by atoms with Crippen LogP contribution in [0.3, 0.4) is 0 Å². The summed E-state index contributed by atoms with van der Waals surface area (Å²) >= 11 is 0. The van der Waals surface area contributed by atoms with E-state index in [0.29, 0.717) is 6.61 Å². The molecule has 0 bridgehead atoms. The summed E-state index contributed by atoms with van der Waals surface area (Å²) in [6.07, 6.45) is 1.84. The molecule has 0 saturated heterocycles. The predicted molar refractivity (Wildman–Crippen MR) is 77.4 cm³/mol. The Morgan fingerprint density at radius 2 is 1.74 bits per heavy atom. The average Bonchev–Trinajstić information content (AvgIpc) is 2.47. The summed E-state index contributed by atoms with van der Waals surface area (Å²) in [7, 11) is 1.67. The molecule has 0 spiro atoms. The summed E-state index contributed by atoms with van der Waals surface area (Å²) in [6, 6.07) is 16.2. The Morgan fingerprint density at radius 3 is 2.42 bits per heavy atom. The van der Waals surface area contributed by atoms with E-state index >= 15 is 0 Å². The van der Waals surface area contributed by atoms with Crippen LogP contribution in [0.15, 0.2) is 48.5 Å². The molecule has 2 heteroatoms.